The molecule has 0 spiro atoms. The van der Waals surface area contributed by atoms with Crippen LogP contribution in [0.5, 0.6) is 0 Å². The molecule has 2 aliphatic rings. The molecule has 9 nitrogen and oxygen atoms in total. The Bertz CT molecular complexity index is 692. The lowest BCUT2D eigenvalue weighted by Crippen LogP contribution is -2.57. The number of nitrogens with zero attached hydrogens (tertiary/aromatic N) is 5. The van der Waals surface area contributed by atoms with E-state index in [1.165, 1.54) is 6.33 Å². The fourth-order valence-electron chi connectivity index (χ4n) is 4.37. The maximum atomic E-state index is 12.8. The first-order valence-electron chi connectivity index (χ1n) is 10.2. The molecule has 154 valence electrons. The van der Waals surface area contributed by atoms with Gasteiger partial charge in [0.05, 0.1) is 18.5 Å². The van der Waals surface area contributed by atoms with E-state index in [0.717, 1.165) is 12.8 Å². The Hall–Kier alpha value is -2.45. The van der Waals surface area contributed by atoms with Crippen LogP contribution in [0.15, 0.2) is 12.7 Å². The number of aromatic nitrogens is 3. The van der Waals surface area contributed by atoms with Gasteiger partial charge in [0.15, 0.2) is 0 Å². The molecule has 2 saturated heterocycles. The Balaban J connectivity index is 1.57. The summed E-state index contributed by atoms with van der Waals surface area (Å²) in [5.41, 5.74) is 0. The second-order valence-electron chi connectivity index (χ2n) is 7.60. The Morgan fingerprint density at radius 3 is 2.82 bits per heavy atom. The first-order chi connectivity index (χ1) is 13.5. The van der Waals surface area contributed by atoms with Crippen LogP contribution < -0.4 is 5.32 Å². The third-order valence-electron chi connectivity index (χ3n) is 5.69. The molecule has 0 bridgehead atoms. The number of piperazine rings is 1. The maximum absolute atomic E-state index is 12.8. The number of hydrogen-bond donors (Lipinski definition) is 1. The highest BCUT2D eigenvalue weighted by Gasteiger charge is 2.49. The van der Waals surface area contributed by atoms with Gasteiger partial charge in [-0.1, -0.05) is 13.8 Å². The second-order valence-corrected chi connectivity index (χ2v) is 7.60. The summed E-state index contributed by atoms with van der Waals surface area (Å²) in [4.78, 5) is 45.3. The molecule has 3 heterocycles. The van der Waals surface area contributed by atoms with Crippen molar-refractivity contribution in [1.82, 2.24) is 29.9 Å². The number of carbonyl (C=O) groups is 3. The van der Waals surface area contributed by atoms with Gasteiger partial charge in [-0.2, -0.15) is 5.10 Å². The van der Waals surface area contributed by atoms with Crippen LogP contribution in [-0.4, -0.2) is 74.0 Å². The van der Waals surface area contributed by atoms with Gasteiger partial charge in [-0.15, -0.1) is 0 Å². The predicted octanol–water partition coefficient (Wildman–Crippen LogP) is 0.422. The van der Waals surface area contributed by atoms with Crippen LogP contribution in [0, 0.1) is 5.92 Å². The van der Waals surface area contributed by atoms with Crippen LogP contribution in [0.2, 0.25) is 0 Å². The zero-order valence-electron chi connectivity index (χ0n) is 16.7. The van der Waals surface area contributed by atoms with Crippen molar-refractivity contribution in [2.75, 3.05) is 19.6 Å². The van der Waals surface area contributed by atoms with Gasteiger partial charge in [-0.05, 0) is 25.7 Å². The average Bonchev–Trinajstić information content (AvgIpc) is 3.33. The van der Waals surface area contributed by atoms with Crippen LogP contribution in [0.4, 0.5) is 0 Å². The monoisotopic (exact) mass is 390 g/mol. The van der Waals surface area contributed by atoms with Crippen LogP contribution in [0.3, 0.4) is 0 Å². The van der Waals surface area contributed by atoms with E-state index in [9.17, 15) is 14.4 Å². The molecule has 1 aromatic rings. The van der Waals surface area contributed by atoms with Gasteiger partial charge in [-0.3, -0.25) is 19.1 Å². The van der Waals surface area contributed by atoms with Gasteiger partial charge in [0.1, 0.15) is 12.7 Å². The molecule has 1 N–H and O–H groups in total. The quantitative estimate of drug-likeness (QED) is 0.693. The molecule has 3 atom stereocenters. The molecule has 9 heteroatoms. The third-order valence-corrected chi connectivity index (χ3v) is 5.69. The minimum atomic E-state index is -0.187. The summed E-state index contributed by atoms with van der Waals surface area (Å²) >= 11 is 0. The number of rotatable bonds is 8. The third kappa shape index (κ3) is 4.34. The Morgan fingerprint density at radius 1 is 1.32 bits per heavy atom. The van der Waals surface area contributed by atoms with Crippen LogP contribution >= 0.6 is 0 Å². The largest absolute Gasteiger partial charge is 0.356 e. The molecular weight excluding hydrogens is 360 g/mol. The summed E-state index contributed by atoms with van der Waals surface area (Å²) in [6, 6.07) is -0.137. The van der Waals surface area contributed by atoms with E-state index in [4.69, 9.17) is 0 Å². The summed E-state index contributed by atoms with van der Waals surface area (Å²) in [5.74, 6) is -0.215. The molecule has 0 unspecified atom stereocenters. The van der Waals surface area contributed by atoms with Crippen molar-refractivity contribution in [3.05, 3.63) is 12.7 Å². The molecule has 0 aliphatic carbocycles. The fourth-order valence-corrected chi connectivity index (χ4v) is 4.37. The topological polar surface area (TPSA) is 100 Å². The Morgan fingerprint density at radius 2 is 2.14 bits per heavy atom. The number of fused-ring (bicyclic) bond motifs is 1. The molecule has 1 aromatic heterocycles. The maximum Gasteiger partial charge on any atom is 0.242 e. The number of carbonyl (C=O) groups excluding carboxylic acids is 3. The standard InChI is InChI=1S/C19H30N6O3/c1-3-7-21-19(28)15-9-14-10-23(11-18(27)25(14)16(15)4-2)17(26)6-5-8-24-13-20-12-22-24/h12-16H,3-11H2,1-2H3,(H,21,28)/t14-,15-,16-/m0/s1. The minimum absolute atomic E-state index is 0.0138. The van der Waals surface area contributed by atoms with E-state index >= 15 is 0 Å². The smallest absolute Gasteiger partial charge is 0.242 e. The van der Waals surface area contributed by atoms with Gasteiger partial charge < -0.3 is 15.1 Å². The van der Waals surface area contributed by atoms with E-state index in [0.29, 0.717) is 38.9 Å². The van der Waals surface area contributed by atoms with Crippen molar-refractivity contribution in [3.63, 3.8) is 0 Å². The first-order valence-corrected chi connectivity index (χ1v) is 10.2. The number of amides is 3. The highest BCUT2D eigenvalue weighted by Crippen LogP contribution is 2.35. The number of hydrogen-bond acceptors (Lipinski definition) is 5. The number of nitrogens with one attached hydrogen (secondary N) is 1. The van der Waals surface area contributed by atoms with Crippen molar-refractivity contribution < 1.29 is 14.4 Å². The van der Waals surface area contributed by atoms with Crippen molar-refractivity contribution in [3.8, 4) is 0 Å². The Kier molecular flexibility index (Phi) is 6.64. The van der Waals surface area contributed by atoms with Crippen molar-refractivity contribution in [2.45, 2.75) is 64.6 Å². The highest BCUT2D eigenvalue weighted by atomic mass is 16.2. The minimum Gasteiger partial charge on any atom is -0.356 e. The van der Waals surface area contributed by atoms with Gasteiger partial charge in [0.2, 0.25) is 17.7 Å². The molecule has 28 heavy (non-hydrogen) atoms. The van der Waals surface area contributed by atoms with E-state index in [2.05, 4.69) is 15.4 Å². The van der Waals surface area contributed by atoms with Crippen LogP contribution in [0.25, 0.3) is 0 Å². The molecule has 2 aliphatic heterocycles. The van der Waals surface area contributed by atoms with E-state index in [1.54, 1.807) is 15.9 Å². The van der Waals surface area contributed by atoms with Gasteiger partial charge in [0, 0.05) is 32.1 Å². The molecule has 3 amide bonds. The molecule has 3 rings (SSSR count). The highest BCUT2D eigenvalue weighted by molar-refractivity contribution is 5.88. The summed E-state index contributed by atoms with van der Waals surface area (Å²) < 4.78 is 1.69. The predicted molar refractivity (Wildman–Crippen MR) is 102 cm³/mol. The fraction of sp³-hybridized carbons (Fsp3) is 0.737. The lowest BCUT2D eigenvalue weighted by atomic mass is 9.96. The molecule has 2 fully saturated rings. The van der Waals surface area contributed by atoms with Crippen molar-refractivity contribution in [2.24, 2.45) is 5.92 Å². The lowest BCUT2D eigenvalue weighted by Gasteiger charge is -2.39. The summed E-state index contributed by atoms with van der Waals surface area (Å²) in [7, 11) is 0. The summed E-state index contributed by atoms with van der Waals surface area (Å²) in [6.45, 7) is 5.94. The van der Waals surface area contributed by atoms with Crippen LogP contribution in [-0.2, 0) is 20.9 Å². The zero-order valence-corrected chi connectivity index (χ0v) is 16.7. The van der Waals surface area contributed by atoms with Crippen molar-refractivity contribution >= 4 is 17.7 Å². The summed E-state index contributed by atoms with van der Waals surface area (Å²) in [5, 5.41) is 6.99. The molecule has 0 aromatic carbocycles. The van der Waals surface area contributed by atoms with E-state index in [1.807, 2.05) is 18.7 Å². The molecule has 0 saturated carbocycles. The molecule has 0 radical (unpaired) electrons. The first kappa shape index (κ1) is 20.3. The van der Waals surface area contributed by atoms with Gasteiger partial charge >= 0.3 is 0 Å². The van der Waals surface area contributed by atoms with E-state index in [-0.39, 0.29) is 42.3 Å². The normalized spacial score (nSPS) is 24.4. The SMILES string of the molecule is CCCNC(=O)[C@H]1C[C@H]2CN(C(=O)CCCn3cncn3)CC(=O)N2[C@H]1CC. The zero-order chi connectivity index (χ0) is 20.1. The number of aryl methyl sites for hydroxylation is 1. The average molecular weight is 390 g/mol. The molecular formula is C19H30N6O3. The lowest BCUT2D eigenvalue weighted by molar-refractivity contribution is -0.149. The van der Waals surface area contributed by atoms with Crippen LogP contribution in [0.1, 0.15) is 46.0 Å². The van der Waals surface area contributed by atoms with Crippen molar-refractivity contribution in [1.29, 1.82) is 0 Å². The van der Waals surface area contributed by atoms with E-state index < -0.39 is 0 Å². The van der Waals surface area contributed by atoms with Gasteiger partial charge in [0.25, 0.3) is 0 Å². The van der Waals surface area contributed by atoms with Gasteiger partial charge in [-0.25, -0.2) is 4.98 Å². The summed E-state index contributed by atoms with van der Waals surface area (Å²) in [6.07, 6.45) is 6.38. The Labute approximate surface area is 165 Å². The second kappa shape index (κ2) is 9.16.